The summed E-state index contributed by atoms with van der Waals surface area (Å²) in [4.78, 5) is 0. The lowest BCUT2D eigenvalue weighted by Crippen LogP contribution is -2.49. The van der Waals surface area contributed by atoms with Crippen LogP contribution in [0.25, 0.3) is 0 Å². The summed E-state index contributed by atoms with van der Waals surface area (Å²) in [6.45, 7) is -0.637. The highest BCUT2D eigenvalue weighted by Gasteiger charge is 2.27. The van der Waals surface area contributed by atoms with Crippen molar-refractivity contribution in [2.75, 3.05) is 6.61 Å². The van der Waals surface area contributed by atoms with Gasteiger partial charge in [0, 0.05) is 0 Å². The van der Waals surface area contributed by atoms with Crippen molar-refractivity contribution in [1.82, 2.24) is 0 Å². The molecule has 0 saturated heterocycles. The molecule has 5 nitrogen and oxygen atoms in total. The molecule has 0 aromatic heterocycles. The Bertz CT molecular complexity index is 146. The van der Waals surface area contributed by atoms with Gasteiger partial charge in [-0.3, -0.25) is 0 Å². The van der Waals surface area contributed by atoms with Gasteiger partial charge in [0.2, 0.25) is 0 Å². The zero-order valence-corrected chi connectivity index (χ0v) is 7.18. The van der Waals surface area contributed by atoms with E-state index >= 15 is 0 Å². The Morgan fingerprint density at radius 2 is 1.75 bits per heavy atom. The van der Waals surface area contributed by atoms with E-state index in [4.69, 9.17) is 26.2 Å². The highest BCUT2D eigenvalue weighted by molar-refractivity contribution is 7.79. The Balaban J connectivity index is 4.07. The monoisotopic (exact) mass is 195 g/mol. The van der Waals surface area contributed by atoms with Gasteiger partial charge < -0.3 is 26.2 Å². The molecule has 0 spiro atoms. The second kappa shape index (κ2) is 5.52. The second-order valence-electron chi connectivity index (χ2n) is 2.44. The van der Waals surface area contributed by atoms with E-state index in [2.05, 4.69) is 12.2 Å². The number of aliphatic hydroxyl groups excluding tert-OH is 4. The first-order valence-electron chi connectivity index (χ1n) is 3.40. The van der Waals surface area contributed by atoms with Crippen LogP contribution in [0.15, 0.2) is 0 Å². The lowest BCUT2D eigenvalue weighted by molar-refractivity contribution is -0.0770. The van der Waals surface area contributed by atoms with Crippen LogP contribution in [0.2, 0.25) is 0 Å². The van der Waals surface area contributed by atoms with E-state index in [0.717, 1.165) is 5.37 Å². The third-order valence-electron chi connectivity index (χ3n) is 1.48. The lowest BCUT2D eigenvalue weighted by atomic mass is 10.0. The van der Waals surface area contributed by atoms with Crippen molar-refractivity contribution in [1.29, 1.82) is 0 Å². The van der Waals surface area contributed by atoms with Crippen LogP contribution in [0.4, 0.5) is 0 Å². The van der Waals surface area contributed by atoms with Gasteiger partial charge in [-0.1, -0.05) is 12.2 Å². The molecule has 0 aromatic carbocycles. The van der Waals surface area contributed by atoms with Crippen molar-refractivity contribution >= 4 is 17.6 Å². The summed E-state index contributed by atoms with van der Waals surface area (Å²) >= 11 is 4.43. The highest BCUT2D eigenvalue weighted by atomic mass is 32.1. The van der Waals surface area contributed by atoms with Crippen LogP contribution in [0.5, 0.6) is 0 Å². The van der Waals surface area contributed by atoms with Crippen molar-refractivity contribution in [3.8, 4) is 0 Å². The molecule has 0 saturated carbocycles. The molecule has 4 atom stereocenters. The second-order valence-corrected chi connectivity index (χ2v) is 2.72. The topological polar surface area (TPSA) is 107 Å². The summed E-state index contributed by atoms with van der Waals surface area (Å²) in [6.07, 6.45) is -4.24. The molecule has 0 radical (unpaired) electrons. The minimum atomic E-state index is -1.48. The molecule has 6 heteroatoms. The van der Waals surface area contributed by atoms with Crippen LogP contribution in [0, 0.1) is 0 Å². The summed E-state index contributed by atoms with van der Waals surface area (Å²) in [5.74, 6) is 0. The van der Waals surface area contributed by atoms with Crippen LogP contribution < -0.4 is 5.73 Å². The van der Waals surface area contributed by atoms with Gasteiger partial charge >= 0.3 is 0 Å². The third-order valence-corrected chi connectivity index (χ3v) is 1.80. The fraction of sp³-hybridized carbons (Fsp3) is 0.833. The molecule has 12 heavy (non-hydrogen) atoms. The molecule has 0 rings (SSSR count). The van der Waals surface area contributed by atoms with Crippen LogP contribution in [-0.4, -0.2) is 56.8 Å². The lowest BCUT2D eigenvalue weighted by Gasteiger charge is -2.23. The van der Waals surface area contributed by atoms with Crippen molar-refractivity contribution in [2.24, 2.45) is 5.73 Å². The maximum absolute atomic E-state index is 9.14. The maximum Gasteiger partial charge on any atom is 0.110 e. The summed E-state index contributed by atoms with van der Waals surface area (Å²) in [5, 5.41) is 36.6. The molecule has 6 N–H and O–H groups in total. The summed E-state index contributed by atoms with van der Waals surface area (Å²) < 4.78 is 0. The fourth-order valence-corrected chi connectivity index (χ4v) is 0.805. The van der Waals surface area contributed by atoms with Gasteiger partial charge in [-0.05, 0) is 5.37 Å². The van der Waals surface area contributed by atoms with Gasteiger partial charge in [-0.2, -0.15) is 0 Å². The van der Waals surface area contributed by atoms with Crippen LogP contribution in [-0.2, 0) is 0 Å². The van der Waals surface area contributed by atoms with Gasteiger partial charge in [0.25, 0.3) is 0 Å². The molecule has 0 bridgehead atoms. The summed E-state index contributed by atoms with van der Waals surface area (Å²) in [7, 11) is 0. The molecular weight excluding hydrogens is 182 g/mol. The third kappa shape index (κ3) is 3.10. The van der Waals surface area contributed by atoms with Crippen molar-refractivity contribution in [2.45, 2.75) is 24.4 Å². The van der Waals surface area contributed by atoms with Gasteiger partial charge in [-0.25, -0.2) is 0 Å². The van der Waals surface area contributed by atoms with Crippen LogP contribution >= 0.6 is 12.2 Å². The Hall–Kier alpha value is -0.110. The molecule has 0 heterocycles. The van der Waals surface area contributed by atoms with Crippen LogP contribution in [0.1, 0.15) is 0 Å². The van der Waals surface area contributed by atoms with Gasteiger partial charge in [-0.15, -0.1) is 0 Å². The Kier molecular flexibility index (Phi) is 5.47. The first-order valence-corrected chi connectivity index (χ1v) is 3.87. The first-order chi connectivity index (χ1) is 5.54. The average Bonchev–Trinajstić information content (AvgIpc) is 2.12. The molecule has 0 amide bonds. The predicted molar refractivity (Wildman–Crippen MR) is 46.7 cm³/mol. The number of hydrogen-bond acceptors (Lipinski definition) is 6. The summed E-state index contributed by atoms with van der Waals surface area (Å²) in [5.41, 5.74) is 5.25. The maximum atomic E-state index is 9.14. The number of hydrogen-bond donors (Lipinski definition) is 5. The minimum Gasteiger partial charge on any atom is -0.394 e. The number of nitrogens with two attached hydrogens (primary N) is 1. The quantitative estimate of drug-likeness (QED) is 0.308. The van der Waals surface area contributed by atoms with Gasteiger partial charge in [0.15, 0.2) is 0 Å². The molecule has 72 valence electrons. The number of rotatable bonds is 5. The molecule has 0 fully saturated rings. The fourth-order valence-electron chi connectivity index (χ4n) is 0.644. The van der Waals surface area contributed by atoms with E-state index in [1.165, 1.54) is 0 Å². The molecule has 0 aliphatic carbocycles. The zero-order chi connectivity index (χ0) is 9.72. The van der Waals surface area contributed by atoms with Crippen molar-refractivity contribution in [3.05, 3.63) is 0 Å². The molecule has 0 aromatic rings. The zero-order valence-electron chi connectivity index (χ0n) is 6.37. The Morgan fingerprint density at radius 1 is 1.25 bits per heavy atom. The minimum absolute atomic E-state index is 0.637. The molecule has 0 aliphatic heterocycles. The Morgan fingerprint density at radius 3 is 2.08 bits per heavy atom. The summed E-state index contributed by atoms with van der Waals surface area (Å²) in [6, 6.07) is -0.892. The van der Waals surface area contributed by atoms with Crippen molar-refractivity contribution < 1.29 is 20.4 Å². The molecule has 0 unspecified atom stereocenters. The largest absolute Gasteiger partial charge is 0.394 e. The van der Waals surface area contributed by atoms with Crippen molar-refractivity contribution in [3.63, 3.8) is 0 Å². The predicted octanol–water partition coefficient (Wildman–Crippen LogP) is -2.61. The molecular formula is C6H13NO4S. The number of thiocarbonyl (C=S) groups is 1. The SMILES string of the molecule is N[C@H](C=S)[C@@H](O)[C@H](O)[C@H](O)CO. The molecule has 0 aliphatic rings. The van der Waals surface area contributed by atoms with Gasteiger partial charge in [0.1, 0.15) is 18.3 Å². The van der Waals surface area contributed by atoms with Gasteiger partial charge in [0.05, 0.1) is 12.6 Å². The van der Waals surface area contributed by atoms with E-state index < -0.39 is 31.0 Å². The van der Waals surface area contributed by atoms with E-state index in [1.54, 1.807) is 0 Å². The first kappa shape index (κ1) is 11.9. The number of aliphatic hydroxyl groups is 4. The average molecular weight is 195 g/mol. The van der Waals surface area contributed by atoms with Crippen LogP contribution in [0.3, 0.4) is 0 Å². The van der Waals surface area contributed by atoms with E-state index in [-0.39, 0.29) is 0 Å². The normalized spacial score (nSPS) is 21.1. The highest BCUT2D eigenvalue weighted by Crippen LogP contribution is 2.02. The van der Waals surface area contributed by atoms with E-state index in [1.807, 2.05) is 0 Å². The van der Waals surface area contributed by atoms with E-state index in [9.17, 15) is 0 Å². The standard InChI is InChI=1S/C6H13NO4S/c7-3(2-12)5(10)6(11)4(9)1-8/h2-6,8-11H,1,7H2/t3-,4-,5-,6-/m1/s1. The van der Waals surface area contributed by atoms with E-state index in [0.29, 0.717) is 0 Å². The Labute approximate surface area is 75.4 Å². The smallest absolute Gasteiger partial charge is 0.110 e.